The van der Waals surface area contributed by atoms with E-state index in [4.69, 9.17) is 15.0 Å². The van der Waals surface area contributed by atoms with Crippen LogP contribution in [0.1, 0.15) is 0 Å². The summed E-state index contributed by atoms with van der Waals surface area (Å²) in [5, 5.41) is 6.92. The number of hydrogen-bond donors (Lipinski definition) is 0. The van der Waals surface area contributed by atoms with Crippen LogP contribution in [0.15, 0.2) is 255 Å². The van der Waals surface area contributed by atoms with Crippen molar-refractivity contribution in [3.8, 4) is 29.0 Å². The molecule has 6 nitrogen and oxygen atoms in total. The maximum absolute atomic E-state index is 5.72. The summed E-state index contributed by atoms with van der Waals surface area (Å²) in [5.41, 5.74) is 8.21. The van der Waals surface area contributed by atoms with Crippen molar-refractivity contribution in [2.24, 2.45) is 0 Å². The average molecular weight is 956 g/mol. The van der Waals surface area contributed by atoms with Crippen LogP contribution in [-0.4, -0.2) is 41.9 Å². The number of hydrogen-bond acceptors (Lipinski definition) is 3. The summed E-state index contributed by atoms with van der Waals surface area (Å²) in [7, 11) is 0. The summed E-state index contributed by atoms with van der Waals surface area (Å²) in [6.07, 6.45) is 0. The Kier molecular flexibility index (Phi) is 9.29. The zero-order chi connectivity index (χ0) is 46.2. The van der Waals surface area contributed by atoms with Gasteiger partial charge in [0.2, 0.25) is 0 Å². The van der Waals surface area contributed by atoms with E-state index in [-0.39, 0.29) is 0 Å². The molecule has 0 aliphatic carbocycles. The second kappa shape index (κ2) is 16.2. The predicted octanol–water partition coefficient (Wildman–Crippen LogP) is 12.2. The van der Waals surface area contributed by atoms with E-state index in [1.807, 2.05) is 0 Å². The van der Waals surface area contributed by atoms with Crippen LogP contribution in [0.3, 0.4) is 0 Å². The molecule has 0 spiro atoms. The van der Waals surface area contributed by atoms with Crippen LogP contribution in [0.2, 0.25) is 0 Å². The fraction of sp³-hybridized carbons (Fsp3) is 0. The first-order chi connectivity index (χ1) is 34.8. The van der Waals surface area contributed by atoms with Gasteiger partial charge in [-0.25, -0.2) is 0 Å². The molecule has 0 aliphatic rings. The van der Waals surface area contributed by atoms with E-state index in [1.165, 1.54) is 28.4 Å². The van der Waals surface area contributed by atoms with Crippen molar-refractivity contribution in [1.29, 1.82) is 0 Å². The molecule has 0 amide bonds. The van der Waals surface area contributed by atoms with Crippen LogP contribution in [-0.2, 0) is 0 Å². The van der Waals surface area contributed by atoms with E-state index in [2.05, 4.69) is 268 Å². The zero-order valence-electron chi connectivity index (χ0n) is 37.9. The fourth-order valence-corrected chi connectivity index (χ4v) is 21.4. The Bertz CT molecular complexity index is 3920. The van der Waals surface area contributed by atoms with Crippen molar-refractivity contribution in [3.05, 3.63) is 255 Å². The van der Waals surface area contributed by atoms with Crippen molar-refractivity contribution in [3.63, 3.8) is 0 Å². The summed E-state index contributed by atoms with van der Waals surface area (Å²) in [4.78, 5) is 17.0. The predicted molar refractivity (Wildman–Crippen MR) is 292 cm³/mol. The Morgan fingerprint density at radius 2 is 0.557 bits per heavy atom. The Morgan fingerprint density at radius 1 is 0.257 bits per heavy atom. The molecule has 14 rings (SSSR count). The van der Waals surface area contributed by atoms with E-state index in [0.29, 0.717) is 17.7 Å². The number of para-hydroxylation sites is 6. The minimum atomic E-state index is -3.86. The minimum absolute atomic E-state index is 0.541. The molecule has 0 saturated carbocycles. The molecule has 70 heavy (non-hydrogen) atoms. The molecule has 0 saturated heterocycles. The molecule has 7 heteroatoms. The Morgan fingerprint density at radius 3 is 0.900 bits per heavy atom. The maximum atomic E-state index is 5.72. The summed E-state index contributed by atoms with van der Waals surface area (Å²) < 4.78 is 12.1. The molecule has 0 aliphatic heterocycles. The molecular weight excluding hydrogens is 913 g/mol. The van der Waals surface area contributed by atoms with Gasteiger partial charge in [0.15, 0.2) is 0 Å². The van der Waals surface area contributed by atoms with Gasteiger partial charge in [0, 0.05) is 0 Å². The zero-order valence-corrected chi connectivity index (χ0v) is 40.0. The SMILES string of the molecule is c1cc[c]([Ge]([c]2ccccc2)([c]2ccccc2)[c]2ccc(-n3c4ccccc4c4ccccc43)c(-c3nc(-n4c5ccccc5c5ccccc54)nc(-n4c5ccccc5c5ccccc54)n3)c2)cc1. The molecule has 4 heterocycles. The molecule has 0 bridgehead atoms. The Labute approximate surface area is 406 Å². The summed E-state index contributed by atoms with van der Waals surface area (Å²) in [5.74, 6) is 1.66. The molecule has 4 aromatic heterocycles. The van der Waals surface area contributed by atoms with Crippen molar-refractivity contribution < 1.29 is 0 Å². The molecule has 0 atom stereocenters. The Balaban J connectivity index is 1.16. The third-order valence-corrected chi connectivity index (χ3v) is 24.3. The second-order valence-corrected chi connectivity index (χ2v) is 25.9. The van der Waals surface area contributed by atoms with Gasteiger partial charge in [0.25, 0.3) is 0 Å². The molecular formula is C63H42GeN6. The van der Waals surface area contributed by atoms with Crippen molar-refractivity contribution in [2.45, 2.75) is 0 Å². The topological polar surface area (TPSA) is 53.5 Å². The van der Waals surface area contributed by atoms with Gasteiger partial charge in [-0.1, -0.05) is 0 Å². The number of nitrogens with zero attached hydrogens (tertiary/aromatic N) is 6. The molecule has 0 N–H and O–H groups in total. The number of rotatable bonds is 8. The van der Waals surface area contributed by atoms with Gasteiger partial charge in [-0.05, 0) is 0 Å². The molecule has 0 fully saturated rings. The van der Waals surface area contributed by atoms with Gasteiger partial charge in [0.05, 0.1) is 0 Å². The number of benzene rings is 10. The quantitative estimate of drug-likeness (QED) is 0.143. The first-order valence-corrected chi connectivity index (χ1v) is 28.0. The standard InChI is InChI=1S/C63H42GeN6/c1-4-22-43(23-5-1)64(44-24-6-2-7-25-44,45-26-8-3-9-27-45)46-40-41-60(68-54-34-16-10-28-47(54)48-29-11-17-35-55(48)68)53(42-46)61-65-62(69-56-36-18-12-30-49(56)50-31-13-19-37-57(50)69)67-63(66-61)70-58-38-20-14-32-51(58)52-33-15-21-39-59(52)70/h1-42H. The van der Waals surface area contributed by atoms with Crippen molar-refractivity contribution in [2.75, 3.05) is 0 Å². The number of fused-ring (bicyclic) bond motifs is 9. The third kappa shape index (κ3) is 6.03. The normalized spacial score (nSPS) is 12.0. The first-order valence-electron chi connectivity index (χ1n) is 23.8. The van der Waals surface area contributed by atoms with E-state index < -0.39 is 13.3 Å². The molecule has 0 radical (unpaired) electrons. The molecule has 10 aromatic carbocycles. The van der Waals surface area contributed by atoms with E-state index in [0.717, 1.165) is 65.9 Å². The van der Waals surface area contributed by atoms with Crippen molar-refractivity contribution >= 4 is 96.3 Å². The van der Waals surface area contributed by atoms with E-state index >= 15 is 0 Å². The van der Waals surface area contributed by atoms with Crippen molar-refractivity contribution in [1.82, 2.24) is 28.7 Å². The average Bonchev–Trinajstić information content (AvgIpc) is 4.08. The van der Waals surface area contributed by atoms with Gasteiger partial charge in [-0.15, -0.1) is 0 Å². The van der Waals surface area contributed by atoms with Crippen LogP contribution in [0.25, 0.3) is 94.4 Å². The van der Waals surface area contributed by atoms with Gasteiger partial charge < -0.3 is 0 Å². The third-order valence-electron chi connectivity index (χ3n) is 14.3. The van der Waals surface area contributed by atoms with Crippen LogP contribution in [0, 0.1) is 0 Å². The second-order valence-electron chi connectivity index (χ2n) is 17.9. The van der Waals surface area contributed by atoms with E-state index in [1.54, 1.807) is 0 Å². The van der Waals surface area contributed by atoms with Gasteiger partial charge in [-0.3, -0.25) is 0 Å². The summed E-state index contributed by atoms with van der Waals surface area (Å²) in [6, 6.07) is 92.4. The molecule has 14 aromatic rings. The van der Waals surface area contributed by atoms with Gasteiger partial charge >= 0.3 is 409 Å². The van der Waals surface area contributed by atoms with Crippen LogP contribution >= 0.6 is 0 Å². The first kappa shape index (κ1) is 40.2. The van der Waals surface area contributed by atoms with Gasteiger partial charge in [-0.2, -0.15) is 0 Å². The summed E-state index contributed by atoms with van der Waals surface area (Å²) >= 11 is -3.86. The monoisotopic (exact) mass is 956 g/mol. The van der Waals surface area contributed by atoms with Gasteiger partial charge in [0.1, 0.15) is 0 Å². The number of aromatic nitrogens is 6. The fourth-order valence-electron chi connectivity index (χ4n) is 11.3. The van der Waals surface area contributed by atoms with Crippen LogP contribution < -0.4 is 17.6 Å². The Hall–Kier alpha value is -8.85. The van der Waals surface area contributed by atoms with Crippen LogP contribution in [0.5, 0.6) is 0 Å². The molecule has 0 unspecified atom stereocenters. The van der Waals surface area contributed by atoms with Crippen LogP contribution in [0.4, 0.5) is 0 Å². The molecule has 328 valence electrons. The summed E-state index contributed by atoms with van der Waals surface area (Å²) in [6.45, 7) is 0. The van der Waals surface area contributed by atoms with E-state index in [9.17, 15) is 0 Å².